The van der Waals surface area contributed by atoms with Crippen molar-refractivity contribution in [3.05, 3.63) is 66.6 Å². The van der Waals surface area contributed by atoms with Crippen molar-refractivity contribution in [3.8, 4) is 0 Å². The van der Waals surface area contributed by atoms with Crippen molar-refractivity contribution in [3.63, 3.8) is 0 Å². The van der Waals surface area contributed by atoms with E-state index in [0.29, 0.717) is 0 Å². The molecule has 0 unspecified atom stereocenters. The summed E-state index contributed by atoms with van der Waals surface area (Å²) in [7, 11) is 0. The van der Waals surface area contributed by atoms with Gasteiger partial charge in [0.05, 0.1) is 6.42 Å². The molecule has 0 heterocycles. The lowest BCUT2D eigenvalue weighted by atomic mass is 9.91. The van der Waals surface area contributed by atoms with Gasteiger partial charge in [0.1, 0.15) is 0 Å². The van der Waals surface area contributed by atoms with Gasteiger partial charge in [0.2, 0.25) is 5.91 Å². The first-order chi connectivity index (χ1) is 9.74. The van der Waals surface area contributed by atoms with Crippen molar-refractivity contribution in [2.75, 3.05) is 0 Å². The summed E-state index contributed by atoms with van der Waals surface area (Å²) in [5.74, 6) is -0.417. The van der Waals surface area contributed by atoms with Gasteiger partial charge in [-0.3, -0.25) is 4.79 Å². The molecule has 2 heteroatoms. The van der Waals surface area contributed by atoms with Crippen molar-refractivity contribution in [1.82, 2.24) is 0 Å². The molecule has 0 fully saturated rings. The lowest BCUT2D eigenvalue weighted by Gasteiger charge is -2.12. The van der Waals surface area contributed by atoms with E-state index >= 15 is 0 Å². The molecule has 1 radical (unpaired) electrons. The van der Waals surface area contributed by atoms with Crippen LogP contribution in [0.25, 0.3) is 32.3 Å². The summed E-state index contributed by atoms with van der Waals surface area (Å²) in [4.78, 5) is 11.2. The van der Waals surface area contributed by atoms with Crippen LogP contribution in [0.15, 0.2) is 54.6 Å². The summed E-state index contributed by atoms with van der Waals surface area (Å²) in [5, 5.41) is 7.16. The average Bonchev–Trinajstić information content (AvgIpc) is 2.46. The standard InChI is InChI=1S/C18H12NO/c19-16(20)10-14-7-6-13-5-4-11-2-1-3-12-8-9-15(14)18(13)17(11)12/h1-10H,(H2,19,20). The molecule has 0 aromatic heterocycles. The van der Waals surface area contributed by atoms with Gasteiger partial charge in [-0.2, -0.15) is 0 Å². The normalized spacial score (nSPS) is 11.6. The Bertz CT molecular complexity index is 940. The molecule has 20 heavy (non-hydrogen) atoms. The average molecular weight is 258 g/mol. The van der Waals surface area contributed by atoms with E-state index in [-0.39, 0.29) is 0 Å². The van der Waals surface area contributed by atoms with Crippen LogP contribution in [-0.2, 0) is 4.79 Å². The van der Waals surface area contributed by atoms with Crippen molar-refractivity contribution in [2.24, 2.45) is 5.73 Å². The zero-order chi connectivity index (χ0) is 13.7. The number of rotatable bonds is 2. The number of hydrogen-bond donors (Lipinski definition) is 1. The Morgan fingerprint density at radius 1 is 0.800 bits per heavy atom. The van der Waals surface area contributed by atoms with E-state index in [1.165, 1.54) is 33.4 Å². The van der Waals surface area contributed by atoms with E-state index in [2.05, 4.69) is 42.5 Å². The Hall–Kier alpha value is -2.61. The molecule has 4 rings (SSSR count). The first-order valence-corrected chi connectivity index (χ1v) is 6.55. The fourth-order valence-corrected chi connectivity index (χ4v) is 3.04. The third kappa shape index (κ3) is 1.48. The first kappa shape index (κ1) is 11.2. The van der Waals surface area contributed by atoms with Crippen molar-refractivity contribution in [1.29, 1.82) is 0 Å². The molecule has 4 aromatic carbocycles. The molecule has 95 valence electrons. The summed E-state index contributed by atoms with van der Waals surface area (Å²) in [5.41, 5.74) is 6.18. The minimum atomic E-state index is -0.417. The smallest absolute Gasteiger partial charge is 0.226 e. The molecule has 0 aliphatic carbocycles. The Labute approximate surface area is 116 Å². The number of amides is 1. The van der Waals surface area contributed by atoms with Gasteiger partial charge < -0.3 is 5.73 Å². The maximum Gasteiger partial charge on any atom is 0.226 e. The maximum atomic E-state index is 11.2. The zero-order valence-corrected chi connectivity index (χ0v) is 10.8. The lowest BCUT2D eigenvalue weighted by Crippen LogP contribution is -2.11. The summed E-state index contributed by atoms with van der Waals surface area (Å²) >= 11 is 0. The molecule has 0 bridgehead atoms. The fourth-order valence-electron chi connectivity index (χ4n) is 3.04. The number of carbonyl (C=O) groups is 1. The SMILES string of the molecule is NC(=O)[CH]c1ccc2ccc3cccc4ccc1c2c34. The topological polar surface area (TPSA) is 43.1 Å². The van der Waals surface area contributed by atoms with E-state index in [0.717, 1.165) is 10.9 Å². The Balaban J connectivity index is 2.23. The third-order valence-corrected chi connectivity index (χ3v) is 3.86. The second-order valence-corrected chi connectivity index (χ2v) is 5.06. The molecule has 0 aliphatic heterocycles. The quantitative estimate of drug-likeness (QED) is 0.548. The van der Waals surface area contributed by atoms with Crippen molar-refractivity contribution >= 4 is 38.2 Å². The number of benzene rings is 4. The van der Waals surface area contributed by atoms with Crippen LogP contribution in [0, 0.1) is 6.42 Å². The minimum absolute atomic E-state index is 0.417. The molecular weight excluding hydrogens is 246 g/mol. The second kappa shape index (κ2) is 3.94. The monoisotopic (exact) mass is 258 g/mol. The Morgan fingerprint density at radius 2 is 1.40 bits per heavy atom. The predicted molar refractivity (Wildman–Crippen MR) is 82.7 cm³/mol. The predicted octanol–water partition coefficient (Wildman–Crippen LogP) is 3.62. The van der Waals surface area contributed by atoms with E-state index in [9.17, 15) is 4.79 Å². The fraction of sp³-hybridized carbons (Fsp3) is 0. The van der Waals surface area contributed by atoms with Crippen LogP contribution in [-0.4, -0.2) is 5.91 Å². The van der Waals surface area contributed by atoms with Gasteiger partial charge in [0.15, 0.2) is 0 Å². The highest BCUT2D eigenvalue weighted by Crippen LogP contribution is 2.36. The van der Waals surface area contributed by atoms with Crippen LogP contribution < -0.4 is 5.73 Å². The van der Waals surface area contributed by atoms with E-state index in [1.807, 2.05) is 12.1 Å². The minimum Gasteiger partial charge on any atom is -0.369 e. The van der Waals surface area contributed by atoms with Crippen LogP contribution >= 0.6 is 0 Å². The van der Waals surface area contributed by atoms with Crippen LogP contribution in [0.1, 0.15) is 5.56 Å². The Morgan fingerprint density at radius 3 is 2.10 bits per heavy atom. The number of nitrogens with two attached hydrogens (primary N) is 1. The largest absolute Gasteiger partial charge is 0.369 e. The van der Waals surface area contributed by atoms with Crippen molar-refractivity contribution < 1.29 is 4.79 Å². The number of primary amides is 1. The van der Waals surface area contributed by atoms with Crippen molar-refractivity contribution in [2.45, 2.75) is 0 Å². The highest BCUT2D eigenvalue weighted by molar-refractivity contribution is 6.24. The van der Waals surface area contributed by atoms with Crippen LogP contribution in [0.4, 0.5) is 0 Å². The van der Waals surface area contributed by atoms with Gasteiger partial charge in [-0.25, -0.2) is 0 Å². The highest BCUT2D eigenvalue weighted by atomic mass is 16.1. The maximum absolute atomic E-state index is 11.2. The molecule has 0 spiro atoms. The molecule has 4 aromatic rings. The molecule has 0 aliphatic rings. The summed E-state index contributed by atoms with van der Waals surface area (Å²) < 4.78 is 0. The van der Waals surface area contributed by atoms with Crippen LogP contribution in [0.5, 0.6) is 0 Å². The number of carbonyl (C=O) groups excluding carboxylic acids is 1. The first-order valence-electron chi connectivity index (χ1n) is 6.55. The molecule has 1 amide bonds. The van der Waals surface area contributed by atoms with Gasteiger partial charge in [-0.05, 0) is 37.9 Å². The third-order valence-electron chi connectivity index (χ3n) is 3.86. The molecule has 0 atom stereocenters. The van der Waals surface area contributed by atoms with Gasteiger partial charge in [-0.1, -0.05) is 54.6 Å². The summed E-state index contributed by atoms with van der Waals surface area (Å²) in [6, 6.07) is 18.7. The highest BCUT2D eigenvalue weighted by Gasteiger charge is 2.11. The van der Waals surface area contributed by atoms with Gasteiger partial charge >= 0.3 is 0 Å². The zero-order valence-electron chi connectivity index (χ0n) is 10.8. The summed E-state index contributed by atoms with van der Waals surface area (Å²) in [6.45, 7) is 0. The molecule has 0 saturated heterocycles. The van der Waals surface area contributed by atoms with Gasteiger partial charge in [0, 0.05) is 0 Å². The van der Waals surface area contributed by atoms with Crippen LogP contribution in [0.3, 0.4) is 0 Å². The molecule has 2 N–H and O–H groups in total. The second-order valence-electron chi connectivity index (χ2n) is 5.06. The van der Waals surface area contributed by atoms with Gasteiger partial charge in [-0.15, -0.1) is 0 Å². The molecule has 0 saturated carbocycles. The number of hydrogen-bond acceptors (Lipinski definition) is 1. The molecular formula is C18H12NO. The summed E-state index contributed by atoms with van der Waals surface area (Å²) in [6.07, 6.45) is 1.49. The lowest BCUT2D eigenvalue weighted by molar-refractivity contribution is -0.114. The van der Waals surface area contributed by atoms with E-state index in [1.54, 1.807) is 0 Å². The van der Waals surface area contributed by atoms with E-state index < -0.39 is 5.91 Å². The van der Waals surface area contributed by atoms with E-state index in [4.69, 9.17) is 5.73 Å². The Kier molecular flexibility index (Phi) is 2.21. The molecule has 2 nitrogen and oxygen atoms in total. The van der Waals surface area contributed by atoms with Crippen LogP contribution in [0.2, 0.25) is 0 Å². The van der Waals surface area contributed by atoms with Gasteiger partial charge in [0.25, 0.3) is 0 Å².